The van der Waals surface area contributed by atoms with Crippen LogP contribution in [-0.4, -0.2) is 23.7 Å². The van der Waals surface area contributed by atoms with Crippen LogP contribution >= 0.6 is 11.6 Å². The van der Waals surface area contributed by atoms with E-state index in [1.54, 1.807) is 25.1 Å². The van der Waals surface area contributed by atoms with Crippen LogP contribution in [0.5, 0.6) is 5.75 Å². The maximum absolute atomic E-state index is 14.6. The normalized spacial score (nSPS) is 17.9. The van der Waals surface area contributed by atoms with Crippen molar-refractivity contribution in [2.75, 3.05) is 11.9 Å². The number of amides is 2. The van der Waals surface area contributed by atoms with E-state index in [0.717, 1.165) is 0 Å². The van der Waals surface area contributed by atoms with Gasteiger partial charge in [-0.15, -0.1) is 0 Å². The number of ether oxygens (including phenoxy) is 1. The number of carbonyl (C=O) groups excluding carboxylic acids is 1. The van der Waals surface area contributed by atoms with Crippen LogP contribution in [-0.2, 0) is 0 Å². The molecule has 1 aliphatic carbocycles. The molecular weight excluding hydrogens is 359 g/mol. The SMILES string of the molecule is CCOc1ccc(Cl)c(C2CC2NC(=O)Nc2ncccc2C#N)c1F. The number of aromatic nitrogens is 1. The molecular formula is C18H16ClFN4O2. The Kier molecular flexibility index (Phi) is 5.24. The Bertz CT molecular complexity index is 884. The van der Waals surface area contributed by atoms with Crippen molar-refractivity contribution in [3.8, 4) is 11.8 Å². The van der Waals surface area contributed by atoms with E-state index in [0.29, 0.717) is 23.6 Å². The molecule has 2 unspecified atom stereocenters. The zero-order valence-corrected chi connectivity index (χ0v) is 14.7. The molecule has 1 heterocycles. The first-order valence-electron chi connectivity index (χ1n) is 8.08. The van der Waals surface area contributed by atoms with Crippen molar-refractivity contribution >= 4 is 23.4 Å². The molecule has 1 aromatic heterocycles. The standard InChI is InChI=1S/C18H16ClFN4O2/c1-2-26-14-6-5-12(19)15(16(14)20)11-8-13(11)23-18(25)24-17-10(9-21)4-3-7-22-17/h3-7,11,13H,2,8H2,1H3,(H2,22,23,24,25). The number of hydrogen-bond donors (Lipinski definition) is 2. The van der Waals surface area contributed by atoms with E-state index in [1.165, 1.54) is 12.3 Å². The minimum Gasteiger partial charge on any atom is -0.491 e. The summed E-state index contributed by atoms with van der Waals surface area (Å²) in [5.74, 6) is -0.403. The number of nitrogens with zero attached hydrogens (tertiary/aromatic N) is 2. The number of urea groups is 1. The van der Waals surface area contributed by atoms with Crippen LogP contribution in [0.25, 0.3) is 0 Å². The minimum atomic E-state index is -0.509. The molecule has 6 nitrogen and oxygen atoms in total. The molecule has 0 saturated heterocycles. The summed E-state index contributed by atoms with van der Waals surface area (Å²) in [6, 6.07) is 7.43. The van der Waals surface area contributed by atoms with Crippen LogP contribution in [0.2, 0.25) is 5.02 Å². The van der Waals surface area contributed by atoms with Gasteiger partial charge in [0.1, 0.15) is 6.07 Å². The highest BCUT2D eigenvalue weighted by Gasteiger charge is 2.43. The van der Waals surface area contributed by atoms with E-state index < -0.39 is 11.8 Å². The lowest BCUT2D eigenvalue weighted by molar-refractivity contribution is 0.251. The summed E-state index contributed by atoms with van der Waals surface area (Å²) in [7, 11) is 0. The second-order valence-electron chi connectivity index (χ2n) is 5.76. The molecule has 1 fully saturated rings. The van der Waals surface area contributed by atoms with Crippen molar-refractivity contribution < 1.29 is 13.9 Å². The third kappa shape index (κ3) is 3.70. The molecule has 2 amide bonds. The van der Waals surface area contributed by atoms with Gasteiger partial charge in [-0.2, -0.15) is 5.26 Å². The number of rotatable bonds is 5. The molecule has 0 aliphatic heterocycles. The first kappa shape index (κ1) is 18.0. The summed E-state index contributed by atoms with van der Waals surface area (Å²) < 4.78 is 19.8. The molecule has 2 N–H and O–H groups in total. The van der Waals surface area contributed by atoms with Crippen LogP contribution in [0, 0.1) is 17.1 Å². The monoisotopic (exact) mass is 374 g/mol. The molecule has 8 heteroatoms. The predicted octanol–water partition coefficient (Wildman–Crippen LogP) is 3.82. The maximum atomic E-state index is 14.6. The van der Waals surface area contributed by atoms with E-state index in [9.17, 15) is 9.18 Å². The summed E-state index contributed by atoms with van der Waals surface area (Å²) in [5.41, 5.74) is 0.604. The van der Waals surface area contributed by atoms with Crippen LogP contribution in [0.1, 0.15) is 30.4 Å². The second-order valence-corrected chi connectivity index (χ2v) is 6.17. The van der Waals surface area contributed by atoms with Crippen molar-refractivity contribution in [3.05, 3.63) is 52.4 Å². The Morgan fingerprint density at radius 3 is 3.04 bits per heavy atom. The van der Waals surface area contributed by atoms with Crippen LogP contribution < -0.4 is 15.4 Å². The van der Waals surface area contributed by atoms with Gasteiger partial charge in [-0.05, 0) is 37.6 Å². The topological polar surface area (TPSA) is 87.0 Å². The minimum absolute atomic E-state index is 0.147. The Morgan fingerprint density at radius 2 is 2.31 bits per heavy atom. The summed E-state index contributed by atoms with van der Waals surface area (Å²) >= 11 is 6.14. The van der Waals surface area contributed by atoms with E-state index >= 15 is 0 Å². The smallest absolute Gasteiger partial charge is 0.320 e. The summed E-state index contributed by atoms with van der Waals surface area (Å²) in [4.78, 5) is 16.1. The van der Waals surface area contributed by atoms with Crippen molar-refractivity contribution in [1.29, 1.82) is 5.26 Å². The highest BCUT2D eigenvalue weighted by molar-refractivity contribution is 6.31. The molecule has 2 aromatic rings. The zero-order chi connectivity index (χ0) is 18.7. The molecule has 1 saturated carbocycles. The van der Waals surface area contributed by atoms with Crippen molar-refractivity contribution in [1.82, 2.24) is 10.3 Å². The molecule has 3 rings (SSSR count). The molecule has 134 valence electrons. The van der Waals surface area contributed by atoms with Gasteiger partial charge in [0.2, 0.25) is 0 Å². The number of carbonyl (C=O) groups is 1. The number of benzene rings is 1. The molecule has 0 radical (unpaired) electrons. The number of nitrogens with one attached hydrogen (secondary N) is 2. The van der Waals surface area contributed by atoms with Crippen LogP contribution in [0.4, 0.5) is 15.0 Å². The third-order valence-electron chi connectivity index (χ3n) is 4.03. The summed E-state index contributed by atoms with van der Waals surface area (Å²) in [6.07, 6.45) is 2.04. The van der Waals surface area contributed by atoms with Gasteiger partial charge in [0.15, 0.2) is 17.4 Å². The second kappa shape index (κ2) is 7.58. The van der Waals surface area contributed by atoms with Gasteiger partial charge in [-0.1, -0.05) is 11.6 Å². The molecule has 0 spiro atoms. The number of anilines is 1. The quantitative estimate of drug-likeness (QED) is 0.832. The molecule has 2 atom stereocenters. The fraction of sp³-hybridized carbons (Fsp3) is 0.278. The predicted molar refractivity (Wildman–Crippen MR) is 94.8 cm³/mol. The van der Waals surface area contributed by atoms with Gasteiger partial charge in [0, 0.05) is 28.7 Å². The Hall–Kier alpha value is -2.85. The largest absolute Gasteiger partial charge is 0.491 e. The molecule has 0 bridgehead atoms. The van der Waals surface area contributed by atoms with Crippen LogP contribution in [0.15, 0.2) is 30.5 Å². The van der Waals surface area contributed by atoms with Crippen molar-refractivity contribution in [2.45, 2.75) is 25.3 Å². The van der Waals surface area contributed by atoms with E-state index in [2.05, 4.69) is 15.6 Å². The van der Waals surface area contributed by atoms with Gasteiger partial charge in [0.25, 0.3) is 0 Å². The average molecular weight is 375 g/mol. The Labute approximate surface area is 154 Å². The average Bonchev–Trinajstić information content (AvgIpc) is 3.36. The number of pyridine rings is 1. The third-order valence-corrected chi connectivity index (χ3v) is 4.36. The van der Waals surface area contributed by atoms with Crippen molar-refractivity contribution in [2.24, 2.45) is 0 Å². The lowest BCUT2D eigenvalue weighted by Crippen LogP contribution is -2.32. The highest BCUT2D eigenvalue weighted by atomic mass is 35.5. The lowest BCUT2D eigenvalue weighted by atomic mass is 10.1. The molecule has 26 heavy (non-hydrogen) atoms. The van der Waals surface area contributed by atoms with Gasteiger partial charge < -0.3 is 10.1 Å². The number of halogens is 2. The lowest BCUT2D eigenvalue weighted by Gasteiger charge is -2.11. The number of hydrogen-bond acceptors (Lipinski definition) is 4. The molecule has 1 aliphatic rings. The first-order valence-corrected chi connectivity index (χ1v) is 8.46. The fourth-order valence-electron chi connectivity index (χ4n) is 2.74. The zero-order valence-electron chi connectivity index (χ0n) is 13.9. The van der Waals surface area contributed by atoms with Crippen LogP contribution in [0.3, 0.4) is 0 Å². The van der Waals surface area contributed by atoms with Gasteiger partial charge in [-0.3, -0.25) is 5.32 Å². The Morgan fingerprint density at radius 1 is 1.50 bits per heavy atom. The van der Waals surface area contributed by atoms with Gasteiger partial charge in [-0.25, -0.2) is 14.2 Å². The van der Waals surface area contributed by atoms with Gasteiger partial charge in [0.05, 0.1) is 12.2 Å². The van der Waals surface area contributed by atoms with Gasteiger partial charge >= 0.3 is 6.03 Å². The van der Waals surface area contributed by atoms with Crippen molar-refractivity contribution in [3.63, 3.8) is 0 Å². The van der Waals surface area contributed by atoms with E-state index in [4.69, 9.17) is 21.6 Å². The molecule has 1 aromatic carbocycles. The highest BCUT2D eigenvalue weighted by Crippen LogP contribution is 2.46. The number of nitriles is 1. The maximum Gasteiger partial charge on any atom is 0.320 e. The van der Waals surface area contributed by atoms with E-state index in [1.807, 2.05) is 6.07 Å². The summed E-state index contributed by atoms with van der Waals surface area (Å²) in [6.45, 7) is 2.12. The first-order chi connectivity index (χ1) is 12.5. The fourth-order valence-corrected chi connectivity index (χ4v) is 3.02. The Balaban J connectivity index is 1.67. The summed E-state index contributed by atoms with van der Waals surface area (Å²) in [5, 5.41) is 14.6. The van der Waals surface area contributed by atoms with E-state index in [-0.39, 0.29) is 29.1 Å².